The summed E-state index contributed by atoms with van der Waals surface area (Å²) in [5, 5.41) is 3.91. The van der Waals surface area contributed by atoms with Gasteiger partial charge in [-0.15, -0.1) is 24.8 Å². The van der Waals surface area contributed by atoms with E-state index in [4.69, 9.17) is 21.1 Å². The minimum Gasteiger partial charge on any atom is -0.496 e. The lowest BCUT2D eigenvalue weighted by Crippen LogP contribution is -2.54. The van der Waals surface area contributed by atoms with E-state index in [1.165, 1.54) is 0 Å². The second kappa shape index (κ2) is 11.2. The first-order valence-electron chi connectivity index (χ1n) is 8.33. The monoisotopic (exact) mass is 425 g/mol. The number of piperazine rings is 1. The van der Waals surface area contributed by atoms with Gasteiger partial charge in [0.15, 0.2) is 0 Å². The van der Waals surface area contributed by atoms with Gasteiger partial charge >= 0.3 is 0 Å². The Balaban J connectivity index is 0.00000169. The molecule has 148 valence electrons. The topological polar surface area (TPSA) is 54.0 Å². The van der Waals surface area contributed by atoms with Crippen LogP contribution in [0.3, 0.4) is 0 Å². The number of nitrogens with one attached hydrogen (secondary N) is 1. The molecule has 2 aliphatic rings. The molecule has 0 bridgehead atoms. The van der Waals surface area contributed by atoms with Crippen LogP contribution in [0.5, 0.6) is 5.75 Å². The zero-order valence-corrected chi connectivity index (χ0v) is 17.2. The Labute approximate surface area is 172 Å². The Kier molecular flexibility index (Phi) is 10.00. The van der Waals surface area contributed by atoms with Gasteiger partial charge in [0.25, 0.3) is 5.91 Å². The van der Waals surface area contributed by atoms with Gasteiger partial charge in [-0.25, -0.2) is 0 Å². The van der Waals surface area contributed by atoms with Crippen LogP contribution in [0.2, 0.25) is 5.02 Å². The third-order valence-electron chi connectivity index (χ3n) is 4.52. The number of ether oxygens (including phenoxy) is 2. The predicted octanol–water partition coefficient (Wildman–Crippen LogP) is 1.82. The van der Waals surface area contributed by atoms with Crippen molar-refractivity contribution in [2.45, 2.75) is 12.6 Å². The molecule has 2 saturated heterocycles. The number of hydrogen-bond donors (Lipinski definition) is 1. The van der Waals surface area contributed by atoms with Crippen LogP contribution in [0.25, 0.3) is 0 Å². The van der Waals surface area contributed by atoms with E-state index in [2.05, 4.69) is 10.2 Å². The summed E-state index contributed by atoms with van der Waals surface area (Å²) in [7, 11) is 1.67. The average molecular weight is 427 g/mol. The van der Waals surface area contributed by atoms with E-state index in [1.807, 2.05) is 23.1 Å². The van der Waals surface area contributed by atoms with E-state index in [-0.39, 0.29) is 36.8 Å². The maximum atomic E-state index is 12.5. The zero-order valence-electron chi connectivity index (χ0n) is 14.8. The van der Waals surface area contributed by atoms with Crippen molar-refractivity contribution in [1.29, 1.82) is 0 Å². The highest BCUT2D eigenvalue weighted by atomic mass is 35.5. The van der Waals surface area contributed by atoms with Gasteiger partial charge in [-0.2, -0.15) is 0 Å². The molecule has 1 amide bonds. The van der Waals surface area contributed by atoms with E-state index >= 15 is 0 Å². The molecule has 0 aromatic heterocycles. The van der Waals surface area contributed by atoms with Crippen molar-refractivity contribution in [3.05, 3.63) is 28.8 Å². The summed E-state index contributed by atoms with van der Waals surface area (Å²) in [6.07, 6.45) is -0.335. The highest BCUT2D eigenvalue weighted by Gasteiger charge is 2.29. The molecule has 26 heavy (non-hydrogen) atoms. The number of methoxy groups -OCH3 is 1. The Morgan fingerprint density at radius 3 is 2.65 bits per heavy atom. The molecule has 1 unspecified atom stereocenters. The van der Waals surface area contributed by atoms with Gasteiger partial charge in [0.2, 0.25) is 0 Å². The highest BCUT2D eigenvalue weighted by Crippen LogP contribution is 2.24. The summed E-state index contributed by atoms with van der Waals surface area (Å²) in [6, 6.07) is 5.67. The number of halogens is 3. The molecular formula is C17H26Cl3N3O3. The standard InChI is InChI=1S/C17H24ClN3O3.2ClH/c1-23-15-3-2-14(18)10-13(15)12-20-5-7-21(8-6-20)17(22)16-11-19-4-9-24-16;;/h2-3,10,16,19H,4-9,11-12H2,1H3;2*1H. The van der Waals surface area contributed by atoms with Gasteiger partial charge in [0.05, 0.1) is 13.7 Å². The van der Waals surface area contributed by atoms with Crippen molar-refractivity contribution < 1.29 is 14.3 Å². The van der Waals surface area contributed by atoms with E-state index < -0.39 is 0 Å². The van der Waals surface area contributed by atoms with Crippen LogP contribution in [-0.4, -0.2) is 74.8 Å². The smallest absolute Gasteiger partial charge is 0.253 e. The van der Waals surface area contributed by atoms with Gasteiger partial charge in [-0.05, 0) is 18.2 Å². The summed E-state index contributed by atoms with van der Waals surface area (Å²) in [4.78, 5) is 16.7. The fourth-order valence-electron chi connectivity index (χ4n) is 3.17. The maximum absolute atomic E-state index is 12.5. The van der Waals surface area contributed by atoms with E-state index in [0.717, 1.165) is 50.6 Å². The quantitative estimate of drug-likeness (QED) is 0.796. The summed E-state index contributed by atoms with van der Waals surface area (Å²) in [5.41, 5.74) is 1.07. The summed E-state index contributed by atoms with van der Waals surface area (Å²) >= 11 is 6.10. The third-order valence-corrected chi connectivity index (χ3v) is 4.76. The largest absolute Gasteiger partial charge is 0.496 e. The predicted molar refractivity (Wildman–Crippen MR) is 107 cm³/mol. The average Bonchev–Trinajstić information content (AvgIpc) is 2.63. The van der Waals surface area contributed by atoms with E-state index in [0.29, 0.717) is 18.2 Å². The summed E-state index contributed by atoms with van der Waals surface area (Å²) in [5.74, 6) is 0.946. The van der Waals surface area contributed by atoms with Crippen molar-refractivity contribution in [1.82, 2.24) is 15.1 Å². The fraction of sp³-hybridized carbons (Fsp3) is 0.588. The maximum Gasteiger partial charge on any atom is 0.253 e. The molecule has 0 saturated carbocycles. The molecule has 0 spiro atoms. The molecule has 1 N–H and O–H groups in total. The lowest BCUT2D eigenvalue weighted by molar-refractivity contribution is -0.147. The summed E-state index contributed by atoms with van der Waals surface area (Å²) in [6.45, 7) is 5.92. The van der Waals surface area contributed by atoms with Crippen LogP contribution >= 0.6 is 36.4 Å². The lowest BCUT2D eigenvalue weighted by atomic mass is 10.1. The molecule has 1 atom stereocenters. The minimum atomic E-state index is -0.335. The van der Waals surface area contributed by atoms with Gasteiger partial charge in [-0.3, -0.25) is 9.69 Å². The van der Waals surface area contributed by atoms with Crippen LogP contribution in [0.15, 0.2) is 18.2 Å². The number of benzene rings is 1. The van der Waals surface area contributed by atoms with Crippen molar-refractivity contribution in [2.75, 3.05) is 53.0 Å². The van der Waals surface area contributed by atoms with Gasteiger partial charge < -0.3 is 19.7 Å². The molecule has 2 heterocycles. The first-order valence-corrected chi connectivity index (χ1v) is 8.71. The molecule has 1 aromatic rings. The van der Waals surface area contributed by atoms with Crippen molar-refractivity contribution >= 4 is 42.3 Å². The Morgan fingerprint density at radius 2 is 2.04 bits per heavy atom. The Morgan fingerprint density at radius 1 is 1.31 bits per heavy atom. The molecule has 2 aliphatic heterocycles. The number of hydrogen-bond acceptors (Lipinski definition) is 5. The highest BCUT2D eigenvalue weighted by molar-refractivity contribution is 6.30. The Hall–Kier alpha value is -0.760. The first-order chi connectivity index (χ1) is 11.7. The molecule has 9 heteroatoms. The number of amides is 1. The summed E-state index contributed by atoms with van der Waals surface area (Å²) < 4.78 is 11.0. The van der Waals surface area contributed by atoms with Gasteiger partial charge in [-0.1, -0.05) is 11.6 Å². The molecule has 1 aromatic carbocycles. The number of nitrogens with zero attached hydrogens (tertiary/aromatic N) is 2. The second-order valence-electron chi connectivity index (χ2n) is 6.12. The van der Waals surface area contributed by atoms with Crippen LogP contribution < -0.4 is 10.1 Å². The molecule has 6 nitrogen and oxygen atoms in total. The normalized spacial score (nSPS) is 20.7. The molecule has 0 aliphatic carbocycles. The number of carbonyl (C=O) groups excluding carboxylic acids is 1. The molecule has 0 radical (unpaired) electrons. The Bertz CT molecular complexity index is 578. The third kappa shape index (κ3) is 5.87. The van der Waals surface area contributed by atoms with E-state index in [1.54, 1.807) is 7.11 Å². The molecular weight excluding hydrogens is 401 g/mol. The molecule has 2 fully saturated rings. The van der Waals surface area contributed by atoms with Crippen LogP contribution in [0.1, 0.15) is 5.56 Å². The fourth-order valence-corrected chi connectivity index (χ4v) is 3.36. The van der Waals surface area contributed by atoms with Crippen molar-refractivity contribution in [2.24, 2.45) is 0 Å². The SMILES string of the molecule is COc1ccc(Cl)cc1CN1CCN(C(=O)C2CNCCO2)CC1.Cl.Cl. The van der Waals surface area contributed by atoms with E-state index in [9.17, 15) is 4.79 Å². The number of rotatable bonds is 4. The number of morpholine rings is 1. The minimum absolute atomic E-state index is 0. The van der Waals surface area contributed by atoms with Crippen LogP contribution in [0, 0.1) is 0 Å². The first kappa shape index (κ1) is 23.3. The molecule has 3 rings (SSSR count). The zero-order chi connectivity index (χ0) is 16.9. The van der Waals surface area contributed by atoms with Crippen molar-refractivity contribution in [3.8, 4) is 5.75 Å². The van der Waals surface area contributed by atoms with Gasteiger partial charge in [0, 0.05) is 56.4 Å². The van der Waals surface area contributed by atoms with Crippen molar-refractivity contribution in [3.63, 3.8) is 0 Å². The second-order valence-corrected chi connectivity index (χ2v) is 6.56. The van der Waals surface area contributed by atoms with Gasteiger partial charge in [0.1, 0.15) is 11.9 Å². The van der Waals surface area contributed by atoms with Crippen LogP contribution in [0.4, 0.5) is 0 Å². The number of carbonyl (C=O) groups is 1. The van der Waals surface area contributed by atoms with Crippen LogP contribution in [-0.2, 0) is 16.1 Å². The lowest BCUT2D eigenvalue weighted by Gasteiger charge is -2.37.